The van der Waals surface area contributed by atoms with Crippen LogP contribution in [0.1, 0.15) is 5.69 Å². The highest BCUT2D eigenvalue weighted by Crippen LogP contribution is 2.34. The van der Waals surface area contributed by atoms with Crippen LogP contribution in [0.15, 0.2) is 29.8 Å². The molecule has 0 amide bonds. The summed E-state index contributed by atoms with van der Waals surface area (Å²) in [7, 11) is 0. The number of hydrogen-bond acceptors (Lipinski definition) is 5. The first kappa shape index (κ1) is 10.8. The lowest BCUT2D eigenvalue weighted by molar-refractivity contribution is -0.0568. The smallest absolute Gasteiger partial charge is 0.142 e. The van der Waals surface area contributed by atoms with Gasteiger partial charge in [-0.25, -0.2) is 4.98 Å². The maximum atomic E-state index is 5.82. The zero-order valence-corrected chi connectivity index (χ0v) is 10.1. The van der Waals surface area contributed by atoms with E-state index in [-0.39, 0.29) is 5.41 Å². The maximum absolute atomic E-state index is 5.82. The Morgan fingerprint density at radius 1 is 1.41 bits per heavy atom. The van der Waals surface area contributed by atoms with Gasteiger partial charge < -0.3 is 10.5 Å². The predicted octanol–water partition coefficient (Wildman–Crippen LogP) is 1.43. The van der Waals surface area contributed by atoms with Crippen LogP contribution in [0.2, 0.25) is 0 Å². The molecule has 0 aromatic carbocycles. The van der Waals surface area contributed by atoms with Crippen molar-refractivity contribution in [1.82, 2.24) is 9.97 Å². The summed E-state index contributed by atoms with van der Waals surface area (Å²) < 4.78 is 5.27. The summed E-state index contributed by atoms with van der Waals surface area (Å²) >= 11 is 1.61. The molecule has 88 valence electrons. The maximum Gasteiger partial charge on any atom is 0.142 e. The minimum absolute atomic E-state index is 0.0659. The van der Waals surface area contributed by atoms with E-state index < -0.39 is 0 Å². The SMILES string of the molecule is NCC1(c2csc(-c3ccccn3)n2)COC1. The molecule has 1 aliphatic heterocycles. The Bertz CT molecular complexity index is 502. The number of aromatic nitrogens is 2. The van der Waals surface area contributed by atoms with E-state index >= 15 is 0 Å². The zero-order chi connectivity index (χ0) is 11.7. The second-order valence-corrected chi connectivity index (χ2v) is 5.09. The Morgan fingerprint density at radius 2 is 2.29 bits per heavy atom. The Balaban J connectivity index is 1.93. The summed E-state index contributed by atoms with van der Waals surface area (Å²) in [4.78, 5) is 8.94. The third-order valence-corrected chi connectivity index (χ3v) is 3.94. The minimum atomic E-state index is -0.0659. The Hall–Kier alpha value is -1.30. The minimum Gasteiger partial charge on any atom is -0.379 e. The summed E-state index contributed by atoms with van der Waals surface area (Å²) in [5.74, 6) is 0. The number of thiazole rings is 1. The van der Waals surface area contributed by atoms with Crippen LogP contribution >= 0.6 is 11.3 Å². The molecular formula is C12H13N3OS. The average molecular weight is 247 g/mol. The zero-order valence-electron chi connectivity index (χ0n) is 9.30. The van der Waals surface area contributed by atoms with Crippen LogP contribution in [0, 0.1) is 0 Å². The molecule has 0 aliphatic carbocycles. The average Bonchev–Trinajstić information content (AvgIpc) is 2.80. The third-order valence-electron chi connectivity index (χ3n) is 3.08. The predicted molar refractivity (Wildman–Crippen MR) is 66.9 cm³/mol. The molecule has 1 fully saturated rings. The number of hydrogen-bond donors (Lipinski definition) is 1. The quantitative estimate of drug-likeness (QED) is 0.891. The lowest BCUT2D eigenvalue weighted by atomic mass is 9.83. The van der Waals surface area contributed by atoms with Gasteiger partial charge in [-0.2, -0.15) is 0 Å². The van der Waals surface area contributed by atoms with Crippen molar-refractivity contribution in [3.63, 3.8) is 0 Å². The van der Waals surface area contributed by atoms with E-state index in [1.807, 2.05) is 18.2 Å². The molecule has 1 saturated heterocycles. The molecule has 1 aliphatic rings. The van der Waals surface area contributed by atoms with Crippen molar-refractivity contribution in [3.05, 3.63) is 35.5 Å². The van der Waals surface area contributed by atoms with Gasteiger partial charge in [-0.15, -0.1) is 11.3 Å². The van der Waals surface area contributed by atoms with Gasteiger partial charge in [0.15, 0.2) is 0 Å². The van der Waals surface area contributed by atoms with Gasteiger partial charge in [0.1, 0.15) is 5.01 Å². The molecule has 3 rings (SSSR count). The van der Waals surface area contributed by atoms with E-state index in [2.05, 4.69) is 15.3 Å². The molecule has 0 spiro atoms. The lowest BCUT2D eigenvalue weighted by Gasteiger charge is -2.39. The van der Waals surface area contributed by atoms with Crippen LogP contribution in [0.25, 0.3) is 10.7 Å². The van der Waals surface area contributed by atoms with Crippen molar-refractivity contribution in [2.45, 2.75) is 5.41 Å². The van der Waals surface area contributed by atoms with Crippen LogP contribution < -0.4 is 5.73 Å². The molecule has 2 aromatic heterocycles. The van der Waals surface area contributed by atoms with Crippen molar-refractivity contribution < 1.29 is 4.74 Å². The molecule has 0 saturated carbocycles. The second kappa shape index (κ2) is 4.18. The van der Waals surface area contributed by atoms with Gasteiger partial charge in [-0.05, 0) is 12.1 Å². The summed E-state index contributed by atoms with van der Waals surface area (Å²) in [6, 6.07) is 5.84. The third kappa shape index (κ3) is 1.76. The Labute approximate surface area is 103 Å². The molecule has 17 heavy (non-hydrogen) atoms. The van der Waals surface area contributed by atoms with Gasteiger partial charge in [0.25, 0.3) is 0 Å². The van der Waals surface area contributed by atoms with Crippen LogP contribution in [0.5, 0.6) is 0 Å². The van der Waals surface area contributed by atoms with E-state index in [1.54, 1.807) is 17.5 Å². The number of ether oxygens (including phenoxy) is 1. The molecule has 0 unspecified atom stereocenters. The monoisotopic (exact) mass is 247 g/mol. The summed E-state index contributed by atoms with van der Waals surface area (Å²) in [5.41, 5.74) is 7.70. The highest BCUT2D eigenvalue weighted by Gasteiger charge is 2.41. The molecule has 0 radical (unpaired) electrons. The van der Waals surface area contributed by atoms with Gasteiger partial charge in [0.2, 0.25) is 0 Å². The fraction of sp³-hybridized carbons (Fsp3) is 0.333. The molecule has 5 heteroatoms. The van der Waals surface area contributed by atoms with Gasteiger partial charge >= 0.3 is 0 Å². The summed E-state index contributed by atoms with van der Waals surface area (Å²) in [5, 5.41) is 3.01. The highest BCUT2D eigenvalue weighted by atomic mass is 32.1. The number of nitrogens with zero attached hydrogens (tertiary/aromatic N) is 2. The summed E-state index contributed by atoms with van der Waals surface area (Å²) in [6.07, 6.45) is 1.78. The van der Waals surface area contributed by atoms with Gasteiger partial charge in [-0.1, -0.05) is 6.07 Å². The molecule has 0 atom stereocenters. The second-order valence-electron chi connectivity index (χ2n) is 4.23. The first-order chi connectivity index (χ1) is 8.34. The first-order valence-corrected chi connectivity index (χ1v) is 6.37. The van der Waals surface area contributed by atoms with E-state index in [0.29, 0.717) is 19.8 Å². The van der Waals surface area contributed by atoms with Crippen molar-refractivity contribution in [1.29, 1.82) is 0 Å². The van der Waals surface area contributed by atoms with Crippen molar-refractivity contribution >= 4 is 11.3 Å². The van der Waals surface area contributed by atoms with Gasteiger partial charge in [0.05, 0.1) is 30.0 Å². The highest BCUT2D eigenvalue weighted by molar-refractivity contribution is 7.13. The van der Waals surface area contributed by atoms with E-state index in [9.17, 15) is 0 Å². The van der Waals surface area contributed by atoms with E-state index in [4.69, 9.17) is 10.5 Å². The van der Waals surface area contributed by atoms with Crippen molar-refractivity contribution in [2.75, 3.05) is 19.8 Å². The largest absolute Gasteiger partial charge is 0.379 e. The fourth-order valence-corrected chi connectivity index (χ4v) is 2.76. The summed E-state index contributed by atoms with van der Waals surface area (Å²) in [6.45, 7) is 1.93. The van der Waals surface area contributed by atoms with Crippen molar-refractivity contribution in [2.24, 2.45) is 5.73 Å². The lowest BCUT2D eigenvalue weighted by Crippen LogP contribution is -2.52. The van der Waals surface area contributed by atoms with Crippen LogP contribution in [0.3, 0.4) is 0 Å². The van der Waals surface area contributed by atoms with Crippen LogP contribution in [-0.4, -0.2) is 29.7 Å². The number of rotatable bonds is 3. The van der Waals surface area contributed by atoms with E-state index in [0.717, 1.165) is 16.4 Å². The van der Waals surface area contributed by atoms with E-state index in [1.165, 1.54) is 0 Å². The van der Waals surface area contributed by atoms with Crippen molar-refractivity contribution in [3.8, 4) is 10.7 Å². The molecule has 2 N–H and O–H groups in total. The topological polar surface area (TPSA) is 61.0 Å². The van der Waals surface area contributed by atoms with Gasteiger partial charge in [-0.3, -0.25) is 4.98 Å². The Morgan fingerprint density at radius 3 is 2.88 bits per heavy atom. The number of nitrogens with two attached hydrogens (primary N) is 1. The number of pyridine rings is 1. The molecule has 3 heterocycles. The first-order valence-electron chi connectivity index (χ1n) is 5.49. The van der Waals surface area contributed by atoms with Crippen LogP contribution in [-0.2, 0) is 10.2 Å². The van der Waals surface area contributed by atoms with Gasteiger partial charge in [0, 0.05) is 18.1 Å². The molecule has 2 aromatic rings. The molecule has 4 nitrogen and oxygen atoms in total. The molecule has 0 bridgehead atoms. The standard InChI is InChI=1S/C12H13N3OS/c13-6-12(7-16-8-12)10-5-17-11(15-10)9-3-1-2-4-14-9/h1-5H,6-8,13H2. The van der Waals surface area contributed by atoms with Crippen LogP contribution in [0.4, 0.5) is 0 Å². The molecular weight excluding hydrogens is 234 g/mol. The Kier molecular flexibility index (Phi) is 2.66. The normalized spacial score (nSPS) is 17.7. The fourth-order valence-electron chi connectivity index (χ4n) is 1.84.